The summed E-state index contributed by atoms with van der Waals surface area (Å²) in [6, 6.07) is 7.40. The smallest absolute Gasteiger partial charge is 0.264 e. The number of alkyl halides is 2. The fourth-order valence-corrected chi connectivity index (χ4v) is 10.8. The highest BCUT2D eigenvalue weighted by molar-refractivity contribution is 6.25. The maximum atomic E-state index is 14.7. The summed E-state index contributed by atoms with van der Waals surface area (Å²) in [5, 5.41) is 10.9. The van der Waals surface area contributed by atoms with Gasteiger partial charge < -0.3 is 25.8 Å². The number of allylic oxidation sites excluding steroid dienone is 1. The maximum absolute atomic E-state index is 14.7. The Hall–Kier alpha value is -6.50. The van der Waals surface area contributed by atoms with E-state index >= 15 is 0 Å². The van der Waals surface area contributed by atoms with Crippen molar-refractivity contribution in [3.8, 4) is 0 Å². The lowest BCUT2D eigenvalue weighted by Gasteiger charge is -2.36. The summed E-state index contributed by atoms with van der Waals surface area (Å²) < 4.78 is 31.5. The van der Waals surface area contributed by atoms with Crippen molar-refractivity contribution >= 4 is 64.4 Å². The molecule has 1 aromatic heterocycles. The minimum atomic E-state index is -2.75. The van der Waals surface area contributed by atoms with E-state index in [0.29, 0.717) is 99.8 Å². The van der Waals surface area contributed by atoms with Crippen LogP contribution in [0.5, 0.6) is 0 Å². The number of hydrogen-bond acceptors (Lipinski definition) is 12. The van der Waals surface area contributed by atoms with Crippen LogP contribution in [0, 0.1) is 5.92 Å². The molecule has 0 radical (unpaired) electrons. The van der Waals surface area contributed by atoms with Gasteiger partial charge in [0.2, 0.25) is 23.6 Å². The number of rotatable bonds is 11. The van der Waals surface area contributed by atoms with Crippen LogP contribution >= 0.6 is 0 Å². The lowest BCUT2D eigenvalue weighted by Crippen LogP contribution is -2.54. The second kappa shape index (κ2) is 19.0. The normalized spacial score (nSPS) is 21.0. The van der Waals surface area contributed by atoms with Gasteiger partial charge in [-0.2, -0.15) is 5.10 Å². The molecule has 0 aliphatic carbocycles. The number of imide groups is 2. The van der Waals surface area contributed by atoms with Crippen molar-refractivity contribution in [2.24, 2.45) is 16.6 Å². The van der Waals surface area contributed by atoms with Gasteiger partial charge in [0.05, 0.1) is 30.3 Å². The Kier molecular flexibility index (Phi) is 13.0. The highest BCUT2D eigenvalue weighted by Crippen LogP contribution is 2.43. The van der Waals surface area contributed by atoms with Crippen LogP contribution in [0.25, 0.3) is 5.57 Å². The summed E-state index contributed by atoms with van der Waals surface area (Å²) >= 11 is 0. The van der Waals surface area contributed by atoms with E-state index in [0.717, 1.165) is 54.1 Å². The molecule has 0 spiro atoms. The van der Waals surface area contributed by atoms with Gasteiger partial charge in [-0.05, 0) is 99.3 Å². The summed E-state index contributed by atoms with van der Waals surface area (Å²) in [6.07, 6.45) is 5.37. The van der Waals surface area contributed by atoms with Crippen molar-refractivity contribution in [2.75, 3.05) is 69.6 Å². The molecule has 3 saturated heterocycles. The Morgan fingerprint density at radius 2 is 1.73 bits per heavy atom. The highest BCUT2D eigenvalue weighted by atomic mass is 19.3. The number of piperidine rings is 3. The average Bonchev–Trinajstić information content (AvgIpc) is 3.83. The molecule has 1 unspecified atom stereocenters. The number of aryl methyl sites for hydroxylation is 1. The number of nitrogens with one attached hydrogen (secondary N) is 2. The van der Waals surface area contributed by atoms with Crippen LogP contribution in [0.4, 0.5) is 26.0 Å². The third kappa shape index (κ3) is 8.80. The first-order valence-electron chi connectivity index (χ1n) is 23.4. The van der Waals surface area contributed by atoms with Crippen LogP contribution in [0.3, 0.4) is 0 Å². The van der Waals surface area contributed by atoms with Gasteiger partial charge >= 0.3 is 0 Å². The molecule has 3 fully saturated rings. The number of aliphatic imine (C=N–C) groups is 1. The van der Waals surface area contributed by atoms with Gasteiger partial charge in [-0.15, -0.1) is 0 Å². The Morgan fingerprint density at radius 1 is 0.955 bits per heavy atom. The zero-order chi connectivity index (χ0) is 47.1. The zero-order valence-electron chi connectivity index (χ0n) is 37.9. The van der Waals surface area contributed by atoms with Crippen molar-refractivity contribution in [1.82, 2.24) is 34.7 Å². The molecule has 19 heteroatoms. The third-order valence-electron chi connectivity index (χ3n) is 14.4. The van der Waals surface area contributed by atoms with Gasteiger partial charge in [0.25, 0.3) is 18.2 Å². The van der Waals surface area contributed by atoms with Crippen LogP contribution in [0.2, 0.25) is 0 Å². The van der Waals surface area contributed by atoms with Crippen LogP contribution in [-0.2, 0) is 38.6 Å². The summed E-state index contributed by atoms with van der Waals surface area (Å²) in [5.41, 5.74) is 11.1. The van der Waals surface area contributed by atoms with E-state index in [1.54, 1.807) is 49.2 Å². The van der Waals surface area contributed by atoms with Crippen molar-refractivity contribution in [3.63, 3.8) is 0 Å². The van der Waals surface area contributed by atoms with Crippen LogP contribution < -0.4 is 21.3 Å². The van der Waals surface area contributed by atoms with E-state index in [9.17, 15) is 37.5 Å². The molecular formula is C48H57F2N11O6. The molecule has 0 saturated carbocycles. The number of amides is 6. The van der Waals surface area contributed by atoms with E-state index in [1.165, 1.54) is 12.4 Å². The molecule has 9 rings (SSSR count). The minimum Gasteiger partial charge on any atom is -0.404 e. The number of nitrogens with two attached hydrogens (primary N) is 1. The van der Waals surface area contributed by atoms with Crippen LogP contribution in [-0.4, -0.2) is 136 Å². The van der Waals surface area contributed by atoms with Gasteiger partial charge in [0, 0.05) is 106 Å². The average molecular weight is 922 g/mol. The predicted molar refractivity (Wildman–Crippen MR) is 246 cm³/mol. The number of carbonyl (C=O) groups is 6. The molecule has 67 heavy (non-hydrogen) atoms. The number of carbonyl (C=O) groups excluding carboxylic acids is 6. The molecule has 6 aliphatic heterocycles. The lowest BCUT2D eigenvalue weighted by molar-refractivity contribution is -0.136. The molecule has 1 atom stereocenters. The van der Waals surface area contributed by atoms with E-state index in [1.807, 2.05) is 9.80 Å². The SMILES string of the molecule is CN=C/C(=C\N)c1cc2c(cc1C(F)F)N(c1nn(C3CCN(C(=O)CN4CCC(CNc5cccc6c5C(=O)N(C5CCC(=O)NC5=O)C6=O)CC4)CC3)c3c1CN(C(C)=O)CC3)CCC2. The molecule has 4 N–H and O–H groups in total. The topological polar surface area (TPSA) is 199 Å². The van der Waals surface area contributed by atoms with E-state index in [4.69, 9.17) is 10.8 Å². The number of fused-ring (bicyclic) bond motifs is 3. The van der Waals surface area contributed by atoms with Crippen molar-refractivity contribution in [1.29, 1.82) is 0 Å². The van der Waals surface area contributed by atoms with Crippen LogP contribution in [0.1, 0.15) is 113 Å². The van der Waals surface area contributed by atoms with Crippen LogP contribution in [0.15, 0.2) is 41.5 Å². The van der Waals surface area contributed by atoms with Gasteiger partial charge in [0.15, 0.2) is 5.82 Å². The number of aromatic nitrogens is 2. The van der Waals surface area contributed by atoms with Crippen molar-refractivity contribution < 1.29 is 37.5 Å². The molecular weight excluding hydrogens is 865 g/mol. The van der Waals surface area contributed by atoms with Gasteiger partial charge in [0.1, 0.15) is 6.04 Å². The molecule has 6 amide bonds. The predicted octanol–water partition coefficient (Wildman–Crippen LogP) is 4.20. The summed E-state index contributed by atoms with van der Waals surface area (Å²) in [5.74, 6) is -1.16. The summed E-state index contributed by atoms with van der Waals surface area (Å²) in [6.45, 7) is 6.58. The summed E-state index contributed by atoms with van der Waals surface area (Å²) in [4.78, 5) is 90.4. The fraction of sp³-hybridized carbons (Fsp3) is 0.500. The van der Waals surface area contributed by atoms with Gasteiger partial charge in [-0.1, -0.05) is 6.07 Å². The number of likely N-dealkylation sites (tertiary alicyclic amines) is 2. The Balaban J connectivity index is 0.821. The first-order valence-corrected chi connectivity index (χ1v) is 23.4. The number of halogens is 2. The second-order valence-electron chi connectivity index (χ2n) is 18.4. The van der Waals surface area contributed by atoms with Crippen molar-refractivity contribution in [3.05, 3.63) is 75.6 Å². The standard InChI is InChI=1S/C48H57F2N11O6/c1-28(62)58-20-14-38-36(26-58)45(59-15-4-5-30-21-34(31(23-51)25-52-2)35(44(49)50)22-40(30)59)55-61(38)32-12-18-57(19-13-32)42(64)27-56-16-10-29(11-17-56)24-53-37-7-3-6-33-43(37)48(67)60(47(33)66)39-8-9-41(63)54-46(39)65/h3,6-7,21-23,25,29,32,39,44,53H,4-5,8-20,24,26-27,51H2,1-2H3,(H,54,63,65)/b31-23+,52-25?. The first kappa shape index (κ1) is 45.6. The minimum absolute atomic E-state index is 0.0206. The summed E-state index contributed by atoms with van der Waals surface area (Å²) in [7, 11) is 1.57. The molecule has 17 nitrogen and oxygen atoms in total. The molecule has 2 aromatic carbocycles. The molecule has 7 heterocycles. The van der Waals surface area contributed by atoms with E-state index < -0.39 is 36.1 Å². The molecule has 3 aromatic rings. The lowest BCUT2D eigenvalue weighted by atomic mass is 9.92. The number of anilines is 3. The quantitative estimate of drug-likeness (QED) is 0.184. The first-order chi connectivity index (χ1) is 32.3. The Bertz CT molecular complexity index is 2560. The van der Waals surface area contributed by atoms with E-state index in [2.05, 4.69) is 25.2 Å². The fourth-order valence-electron chi connectivity index (χ4n) is 10.8. The van der Waals surface area contributed by atoms with E-state index in [-0.39, 0.29) is 53.3 Å². The largest absolute Gasteiger partial charge is 0.404 e. The maximum Gasteiger partial charge on any atom is 0.264 e. The second-order valence-corrected chi connectivity index (χ2v) is 18.4. The molecule has 6 aliphatic rings. The zero-order valence-corrected chi connectivity index (χ0v) is 37.9. The number of benzene rings is 2. The van der Waals surface area contributed by atoms with Gasteiger partial charge in [-0.25, -0.2) is 8.78 Å². The highest BCUT2D eigenvalue weighted by Gasteiger charge is 2.46. The molecule has 0 bridgehead atoms. The number of hydrogen-bond donors (Lipinski definition) is 3. The monoisotopic (exact) mass is 921 g/mol. The Morgan fingerprint density at radius 3 is 2.43 bits per heavy atom. The third-order valence-corrected chi connectivity index (χ3v) is 14.4. The van der Waals surface area contributed by atoms with Gasteiger partial charge in [-0.3, -0.25) is 53.6 Å². The molecule has 354 valence electrons. The van der Waals surface area contributed by atoms with Crippen molar-refractivity contribution in [2.45, 2.75) is 89.8 Å². The number of nitrogens with zero attached hydrogens (tertiary/aromatic N) is 8. The Labute approximate surface area is 387 Å².